The lowest BCUT2D eigenvalue weighted by Gasteiger charge is -2.08. The van der Waals surface area contributed by atoms with Gasteiger partial charge < -0.3 is 14.5 Å². The molecule has 0 unspecified atom stereocenters. The summed E-state index contributed by atoms with van der Waals surface area (Å²) >= 11 is 0. The predicted octanol–water partition coefficient (Wildman–Crippen LogP) is 1.75. The Bertz CT molecular complexity index is 942. The van der Waals surface area contributed by atoms with Crippen molar-refractivity contribution in [2.75, 3.05) is 19.0 Å². The van der Waals surface area contributed by atoms with Gasteiger partial charge in [0.15, 0.2) is 5.76 Å². The number of ether oxygens (including phenoxy) is 1. The molecule has 136 valence electrons. The Balaban J connectivity index is 2.06. The number of nitrogens with one attached hydrogen (secondary N) is 2. The van der Waals surface area contributed by atoms with E-state index in [1.165, 1.54) is 24.1 Å². The van der Waals surface area contributed by atoms with E-state index in [0.29, 0.717) is 29.4 Å². The zero-order valence-corrected chi connectivity index (χ0v) is 14.5. The summed E-state index contributed by atoms with van der Waals surface area (Å²) in [5.74, 6) is 0.728. The van der Waals surface area contributed by atoms with E-state index in [1.54, 1.807) is 18.2 Å². The fraction of sp³-hybridized carbons (Fsp3) is 0.294. The van der Waals surface area contributed by atoms with Gasteiger partial charge in [0.2, 0.25) is 5.95 Å². The number of hydrogen-bond donors (Lipinski definition) is 2. The van der Waals surface area contributed by atoms with Gasteiger partial charge in [0.1, 0.15) is 18.1 Å². The van der Waals surface area contributed by atoms with E-state index in [9.17, 15) is 9.59 Å². The van der Waals surface area contributed by atoms with Crippen molar-refractivity contribution in [2.45, 2.75) is 19.8 Å². The summed E-state index contributed by atoms with van der Waals surface area (Å²) in [5, 5.41) is 7.11. The van der Waals surface area contributed by atoms with Gasteiger partial charge in [0, 0.05) is 24.9 Å². The summed E-state index contributed by atoms with van der Waals surface area (Å²) in [4.78, 5) is 31.0. The highest BCUT2D eigenvalue weighted by molar-refractivity contribution is 5.91. The number of nitrogens with zero attached hydrogens (tertiary/aromatic N) is 3. The van der Waals surface area contributed by atoms with Gasteiger partial charge in [0.25, 0.3) is 11.5 Å². The second kappa shape index (κ2) is 7.79. The number of aryl methyl sites for hydroxylation is 1. The Morgan fingerprint density at radius 3 is 2.96 bits per heavy atom. The molecule has 0 radical (unpaired) electrons. The molecule has 3 rings (SSSR count). The van der Waals surface area contributed by atoms with Gasteiger partial charge in [0.05, 0.1) is 6.26 Å². The quantitative estimate of drug-likeness (QED) is 0.666. The first kappa shape index (κ1) is 17.6. The van der Waals surface area contributed by atoms with Gasteiger partial charge in [-0.05, 0) is 18.6 Å². The number of hydrogen-bond acceptors (Lipinski definition) is 6. The third-order valence-corrected chi connectivity index (χ3v) is 3.51. The van der Waals surface area contributed by atoms with Crippen molar-refractivity contribution < 1.29 is 13.9 Å². The summed E-state index contributed by atoms with van der Waals surface area (Å²) in [6, 6.07) is 6.57. The number of H-pyrrole nitrogens is 1. The predicted molar refractivity (Wildman–Crippen MR) is 94.2 cm³/mol. The zero-order valence-electron chi connectivity index (χ0n) is 14.5. The van der Waals surface area contributed by atoms with Crippen molar-refractivity contribution in [1.29, 1.82) is 0 Å². The van der Waals surface area contributed by atoms with Gasteiger partial charge in [-0.3, -0.25) is 14.6 Å². The maximum Gasteiger partial charge on any atom is 0.252 e. The van der Waals surface area contributed by atoms with Crippen molar-refractivity contribution in [3.05, 3.63) is 46.6 Å². The van der Waals surface area contributed by atoms with Crippen LogP contribution in [0.4, 0.5) is 5.82 Å². The molecule has 3 heterocycles. The number of aromatic amines is 1. The van der Waals surface area contributed by atoms with Crippen LogP contribution >= 0.6 is 0 Å². The molecule has 0 bridgehead atoms. The number of methoxy groups -OCH3 is 1. The van der Waals surface area contributed by atoms with E-state index in [1.807, 2.05) is 6.92 Å². The molecule has 26 heavy (non-hydrogen) atoms. The molecular formula is C17H19N5O4. The van der Waals surface area contributed by atoms with Crippen LogP contribution in [0.15, 0.2) is 39.7 Å². The molecule has 1 amide bonds. The second-order valence-corrected chi connectivity index (χ2v) is 5.60. The average Bonchev–Trinajstić information content (AvgIpc) is 3.24. The zero-order chi connectivity index (χ0) is 18.5. The van der Waals surface area contributed by atoms with Crippen molar-refractivity contribution in [3.63, 3.8) is 0 Å². The van der Waals surface area contributed by atoms with Crippen LogP contribution in [-0.4, -0.2) is 39.4 Å². The Morgan fingerprint density at radius 2 is 2.27 bits per heavy atom. The Labute approximate surface area is 149 Å². The summed E-state index contributed by atoms with van der Waals surface area (Å²) in [6.45, 7) is 1.89. The van der Waals surface area contributed by atoms with Gasteiger partial charge >= 0.3 is 0 Å². The van der Waals surface area contributed by atoms with E-state index in [-0.39, 0.29) is 24.0 Å². The minimum absolute atomic E-state index is 0.110. The van der Waals surface area contributed by atoms with E-state index in [4.69, 9.17) is 9.15 Å². The smallest absolute Gasteiger partial charge is 0.252 e. The molecule has 3 aromatic heterocycles. The lowest BCUT2D eigenvalue weighted by Crippen LogP contribution is -2.21. The molecule has 2 N–H and O–H groups in total. The molecule has 0 saturated heterocycles. The minimum atomic E-state index is -0.355. The lowest BCUT2D eigenvalue weighted by molar-refractivity contribution is -0.119. The van der Waals surface area contributed by atoms with Crippen molar-refractivity contribution in [1.82, 2.24) is 19.7 Å². The van der Waals surface area contributed by atoms with Crippen LogP contribution in [0.1, 0.15) is 19.0 Å². The van der Waals surface area contributed by atoms with Crippen molar-refractivity contribution in [2.24, 2.45) is 0 Å². The van der Waals surface area contributed by atoms with E-state index in [2.05, 4.69) is 20.4 Å². The van der Waals surface area contributed by atoms with Gasteiger partial charge in [-0.1, -0.05) is 13.3 Å². The Hall–Kier alpha value is -3.20. The number of carbonyl (C=O) groups is 1. The standard InChI is InChI=1S/C17H19N5O4/c1-3-5-11-8-15(23)20-17(18-11)22-14(19-16(24)10-25-2)9-12(21-22)13-6-4-7-26-13/h4,6-9H,3,5,10H2,1-2H3,(H,19,24)(H,18,20,23). The van der Waals surface area contributed by atoms with Gasteiger partial charge in [-0.2, -0.15) is 9.78 Å². The molecule has 0 aliphatic rings. The number of aromatic nitrogens is 4. The molecule has 9 heteroatoms. The Morgan fingerprint density at radius 1 is 1.42 bits per heavy atom. The normalized spacial score (nSPS) is 10.8. The largest absolute Gasteiger partial charge is 0.463 e. The molecule has 9 nitrogen and oxygen atoms in total. The van der Waals surface area contributed by atoms with Crippen LogP contribution in [0.2, 0.25) is 0 Å². The highest BCUT2D eigenvalue weighted by Crippen LogP contribution is 2.24. The van der Waals surface area contributed by atoms with Crippen LogP contribution in [-0.2, 0) is 16.0 Å². The fourth-order valence-electron chi connectivity index (χ4n) is 2.46. The molecule has 0 aromatic carbocycles. The van der Waals surface area contributed by atoms with E-state index in [0.717, 1.165) is 6.42 Å². The summed E-state index contributed by atoms with van der Waals surface area (Å²) in [5.41, 5.74) is 0.851. The Kier molecular flexibility index (Phi) is 5.28. The first-order valence-corrected chi connectivity index (χ1v) is 8.14. The second-order valence-electron chi connectivity index (χ2n) is 5.60. The summed E-state index contributed by atoms with van der Waals surface area (Å²) < 4.78 is 11.6. The van der Waals surface area contributed by atoms with Crippen LogP contribution in [0.25, 0.3) is 17.4 Å². The van der Waals surface area contributed by atoms with Crippen LogP contribution in [0.5, 0.6) is 0 Å². The number of amides is 1. The van der Waals surface area contributed by atoms with Gasteiger partial charge in [-0.15, -0.1) is 0 Å². The fourth-order valence-corrected chi connectivity index (χ4v) is 2.46. The van der Waals surface area contributed by atoms with Crippen LogP contribution in [0.3, 0.4) is 0 Å². The number of carbonyl (C=O) groups excluding carboxylic acids is 1. The van der Waals surface area contributed by atoms with Gasteiger partial charge in [-0.25, -0.2) is 4.98 Å². The first-order chi connectivity index (χ1) is 12.6. The monoisotopic (exact) mass is 357 g/mol. The number of rotatable bonds is 7. The molecule has 3 aromatic rings. The maximum atomic E-state index is 12.0. The molecule has 0 atom stereocenters. The highest BCUT2D eigenvalue weighted by atomic mass is 16.5. The molecule has 0 aliphatic heterocycles. The van der Waals surface area contributed by atoms with E-state index < -0.39 is 0 Å². The average molecular weight is 357 g/mol. The van der Waals surface area contributed by atoms with Crippen molar-refractivity contribution >= 4 is 11.7 Å². The molecule has 0 spiro atoms. The topological polar surface area (TPSA) is 115 Å². The minimum Gasteiger partial charge on any atom is -0.463 e. The van der Waals surface area contributed by atoms with Crippen LogP contribution < -0.4 is 10.9 Å². The first-order valence-electron chi connectivity index (χ1n) is 8.14. The van der Waals surface area contributed by atoms with Crippen LogP contribution in [0, 0.1) is 0 Å². The van der Waals surface area contributed by atoms with E-state index >= 15 is 0 Å². The molecular weight excluding hydrogens is 338 g/mol. The molecule has 0 saturated carbocycles. The molecule has 0 fully saturated rings. The molecule has 0 aliphatic carbocycles. The van der Waals surface area contributed by atoms with Crippen molar-refractivity contribution in [3.8, 4) is 17.4 Å². The number of anilines is 1. The summed E-state index contributed by atoms with van der Waals surface area (Å²) in [6.07, 6.45) is 3.04. The lowest BCUT2D eigenvalue weighted by atomic mass is 10.2. The third-order valence-electron chi connectivity index (χ3n) is 3.51. The highest BCUT2D eigenvalue weighted by Gasteiger charge is 2.17. The SMILES string of the molecule is CCCc1cc(=O)[nH]c(-n2nc(-c3ccco3)cc2NC(=O)COC)n1. The third kappa shape index (κ3) is 3.89. The number of furan rings is 1. The maximum absolute atomic E-state index is 12.0. The summed E-state index contributed by atoms with van der Waals surface area (Å²) in [7, 11) is 1.43.